The van der Waals surface area contributed by atoms with Crippen LogP contribution in [0.4, 0.5) is 0 Å². The summed E-state index contributed by atoms with van der Waals surface area (Å²) in [5.74, 6) is 0.905. The summed E-state index contributed by atoms with van der Waals surface area (Å²) in [5, 5.41) is 0. The fraction of sp³-hybridized carbons (Fsp3) is 0.375. The Morgan fingerprint density at radius 2 is 1.48 bits per heavy atom. The zero-order valence-electron chi connectivity index (χ0n) is 15.4. The Morgan fingerprint density at radius 3 is 2.08 bits per heavy atom. The maximum absolute atomic E-state index is 11.7. The quantitative estimate of drug-likeness (QED) is 0.602. The lowest BCUT2D eigenvalue weighted by Crippen LogP contribution is -2.06. The van der Waals surface area contributed by atoms with Gasteiger partial charge in [-0.3, -0.25) is 0 Å². The molecule has 0 bridgehead atoms. The van der Waals surface area contributed by atoms with Gasteiger partial charge in [-0.15, -0.1) is 0 Å². The molecule has 0 spiro atoms. The zero-order chi connectivity index (χ0) is 17.6. The number of aryl methyl sites for hydroxylation is 1. The van der Waals surface area contributed by atoms with Crippen LogP contribution < -0.4 is 0 Å². The fourth-order valence-corrected chi connectivity index (χ4v) is 3.98. The third-order valence-electron chi connectivity index (χ3n) is 5.32. The standard InChI is InChI=1S/C24H28O/c1-18-12-15-22(16-13-18)24(21-10-4-3-5-11-21)23(17-14-19(2)25)20-8-6-7-9-20/h3-5,10-13,15-16,20H,6-9,14,17H2,1-2H3. The van der Waals surface area contributed by atoms with E-state index in [1.54, 1.807) is 6.92 Å². The minimum Gasteiger partial charge on any atom is -0.300 e. The molecule has 1 saturated carbocycles. The van der Waals surface area contributed by atoms with Crippen molar-refractivity contribution in [3.05, 3.63) is 76.9 Å². The summed E-state index contributed by atoms with van der Waals surface area (Å²) < 4.78 is 0. The molecule has 0 N–H and O–H groups in total. The van der Waals surface area contributed by atoms with Crippen molar-refractivity contribution in [1.29, 1.82) is 0 Å². The van der Waals surface area contributed by atoms with Gasteiger partial charge in [0.15, 0.2) is 0 Å². The van der Waals surface area contributed by atoms with Gasteiger partial charge in [0.05, 0.1) is 0 Å². The zero-order valence-corrected chi connectivity index (χ0v) is 15.4. The minimum atomic E-state index is 0.284. The Hall–Kier alpha value is -2.15. The van der Waals surface area contributed by atoms with E-state index in [1.165, 1.54) is 53.5 Å². The van der Waals surface area contributed by atoms with Gasteiger partial charge in [0.1, 0.15) is 5.78 Å². The molecule has 1 heteroatoms. The molecule has 0 atom stereocenters. The molecule has 0 aliphatic heterocycles. The molecule has 0 aromatic heterocycles. The van der Waals surface area contributed by atoms with Crippen LogP contribution in [-0.2, 0) is 4.79 Å². The number of benzene rings is 2. The van der Waals surface area contributed by atoms with Crippen molar-refractivity contribution in [3.63, 3.8) is 0 Å². The summed E-state index contributed by atoms with van der Waals surface area (Å²) in [6.07, 6.45) is 6.67. The van der Waals surface area contributed by atoms with Crippen molar-refractivity contribution in [3.8, 4) is 0 Å². The average Bonchev–Trinajstić information content (AvgIpc) is 3.14. The number of hydrogen-bond acceptors (Lipinski definition) is 1. The van der Waals surface area contributed by atoms with Gasteiger partial charge in [-0.25, -0.2) is 0 Å². The predicted molar refractivity (Wildman–Crippen MR) is 106 cm³/mol. The molecule has 1 aliphatic rings. The number of carbonyl (C=O) groups is 1. The van der Waals surface area contributed by atoms with Crippen LogP contribution in [0, 0.1) is 12.8 Å². The topological polar surface area (TPSA) is 17.1 Å². The second kappa shape index (κ2) is 8.29. The normalized spacial score (nSPS) is 15.9. The number of allylic oxidation sites excluding steroid dienone is 1. The molecule has 130 valence electrons. The molecule has 0 amide bonds. The molecule has 0 saturated heterocycles. The van der Waals surface area contributed by atoms with Crippen LogP contribution >= 0.6 is 0 Å². The van der Waals surface area contributed by atoms with Crippen LogP contribution in [0.15, 0.2) is 60.2 Å². The summed E-state index contributed by atoms with van der Waals surface area (Å²) in [7, 11) is 0. The van der Waals surface area contributed by atoms with E-state index in [4.69, 9.17) is 0 Å². The lowest BCUT2D eigenvalue weighted by molar-refractivity contribution is -0.117. The molecular weight excluding hydrogens is 304 g/mol. The number of Topliss-reactive ketones (excluding diaryl/α,β-unsaturated/α-hetero) is 1. The Morgan fingerprint density at radius 1 is 0.880 bits per heavy atom. The van der Waals surface area contributed by atoms with E-state index in [0.717, 1.165) is 6.42 Å². The first-order chi connectivity index (χ1) is 12.1. The lowest BCUT2D eigenvalue weighted by atomic mass is 9.83. The molecule has 25 heavy (non-hydrogen) atoms. The Balaban J connectivity index is 2.14. The first-order valence-electron chi connectivity index (χ1n) is 9.50. The molecule has 1 fully saturated rings. The van der Waals surface area contributed by atoms with Crippen molar-refractivity contribution in [1.82, 2.24) is 0 Å². The third-order valence-corrected chi connectivity index (χ3v) is 5.32. The number of hydrogen-bond donors (Lipinski definition) is 0. The minimum absolute atomic E-state index is 0.284. The molecule has 2 aromatic carbocycles. The summed E-state index contributed by atoms with van der Waals surface area (Å²) >= 11 is 0. The van der Waals surface area contributed by atoms with Crippen molar-refractivity contribution >= 4 is 11.4 Å². The van der Waals surface area contributed by atoms with Crippen LogP contribution in [-0.4, -0.2) is 5.78 Å². The smallest absolute Gasteiger partial charge is 0.130 e. The fourth-order valence-electron chi connectivity index (χ4n) is 3.98. The van der Waals surface area contributed by atoms with Crippen molar-refractivity contribution in [2.75, 3.05) is 0 Å². The van der Waals surface area contributed by atoms with E-state index in [-0.39, 0.29) is 5.78 Å². The highest BCUT2D eigenvalue weighted by Gasteiger charge is 2.24. The summed E-state index contributed by atoms with van der Waals surface area (Å²) in [6, 6.07) is 19.6. The Bertz CT molecular complexity index is 731. The van der Waals surface area contributed by atoms with E-state index in [9.17, 15) is 4.79 Å². The van der Waals surface area contributed by atoms with E-state index < -0.39 is 0 Å². The van der Waals surface area contributed by atoms with Crippen LogP contribution in [0.5, 0.6) is 0 Å². The lowest BCUT2D eigenvalue weighted by Gasteiger charge is -2.22. The van der Waals surface area contributed by atoms with E-state index in [2.05, 4.69) is 61.5 Å². The van der Waals surface area contributed by atoms with Gasteiger partial charge in [-0.2, -0.15) is 0 Å². The van der Waals surface area contributed by atoms with Crippen LogP contribution in [0.2, 0.25) is 0 Å². The molecule has 1 nitrogen and oxygen atoms in total. The SMILES string of the molecule is CC(=O)CCC(=C(c1ccccc1)c1ccc(C)cc1)C1CCCC1. The van der Waals surface area contributed by atoms with Gasteiger partial charge in [0.25, 0.3) is 0 Å². The third kappa shape index (κ3) is 4.48. The predicted octanol–water partition coefficient (Wildman–Crippen LogP) is 6.36. The monoisotopic (exact) mass is 332 g/mol. The highest BCUT2D eigenvalue weighted by Crippen LogP contribution is 2.40. The van der Waals surface area contributed by atoms with E-state index >= 15 is 0 Å². The van der Waals surface area contributed by atoms with Gasteiger partial charge >= 0.3 is 0 Å². The van der Waals surface area contributed by atoms with Gasteiger partial charge in [0, 0.05) is 6.42 Å². The molecule has 2 aromatic rings. The average molecular weight is 332 g/mol. The Kier molecular flexibility index (Phi) is 5.86. The van der Waals surface area contributed by atoms with Crippen LogP contribution in [0.25, 0.3) is 5.57 Å². The van der Waals surface area contributed by atoms with Crippen LogP contribution in [0.1, 0.15) is 62.1 Å². The molecular formula is C24H28O. The second-order valence-electron chi connectivity index (χ2n) is 7.32. The first-order valence-corrected chi connectivity index (χ1v) is 9.50. The van der Waals surface area contributed by atoms with Crippen molar-refractivity contribution < 1.29 is 4.79 Å². The molecule has 0 heterocycles. The van der Waals surface area contributed by atoms with Gasteiger partial charge in [0.2, 0.25) is 0 Å². The molecule has 3 rings (SSSR count). The van der Waals surface area contributed by atoms with Gasteiger partial charge in [-0.1, -0.05) is 78.6 Å². The van der Waals surface area contributed by atoms with Crippen LogP contribution in [0.3, 0.4) is 0 Å². The highest BCUT2D eigenvalue weighted by molar-refractivity contribution is 5.83. The van der Waals surface area contributed by atoms with Crippen molar-refractivity contribution in [2.24, 2.45) is 5.92 Å². The summed E-state index contributed by atoms with van der Waals surface area (Å²) in [5.41, 5.74) is 6.68. The van der Waals surface area contributed by atoms with E-state index in [0.29, 0.717) is 12.3 Å². The largest absolute Gasteiger partial charge is 0.300 e. The number of rotatable bonds is 6. The number of ketones is 1. The Labute approximate surface area is 151 Å². The van der Waals surface area contributed by atoms with Gasteiger partial charge < -0.3 is 4.79 Å². The number of carbonyl (C=O) groups excluding carboxylic acids is 1. The molecule has 1 aliphatic carbocycles. The van der Waals surface area contributed by atoms with Crippen molar-refractivity contribution in [2.45, 2.75) is 52.4 Å². The first kappa shape index (κ1) is 17.7. The van der Waals surface area contributed by atoms with E-state index in [1.807, 2.05) is 0 Å². The summed E-state index contributed by atoms with van der Waals surface area (Å²) in [4.78, 5) is 11.7. The second-order valence-corrected chi connectivity index (χ2v) is 7.32. The maximum atomic E-state index is 11.7. The highest BCUT2D eigenvalue weighted by atomic mass is 16.1. The van der Waals surface area contributed by atoms with Gasteiger partial charge in [-0.05, 0) is 55.7 Å². The summed E-state index contributed by atoms with van der Waals surface area (Å²) in [6.45, 7) is 3.84. The maximum Gasteiger partial charge on any atom is 0.130 e. The molecule has 0 unspecified atom stereocenters. The molecule has 0 radical (unpaired) electrons.